The van der Waals surface area contributed by atoms with Crippen molar-refractivity contribution in [1.82, 2.24) is 0 Å². The first-order chi connectivity index (χ1) is 9.29. The summed E-state index contributed by atoms with van der Waals surface area (Å²) >= 11 is 15.0. The molecule has 3 nitrogen and oxygen atoms in total. The van der Waals surface area contributed by atoms with E-state index in [0.717, 1.165) is 10.0 Å². The Labute approximate surface area is 136 Å². The quantitative estimate of drug-likeness (QED) is 0.807. The molecule has 0 bridgehead atoms. The fourth-order valence-corrected chi connectivity index (χ4v) is 3.33. The molecular formula is C13H10BrCl2NO2S. The highest BCUT2D eigenvalue weighted by atomic mass is 79.9. The van der Waals surface area contributed by atoms with Gasteiger partial charge in [0.2, 0.25) is 0 Å². The Bertz CT molecular complexity index is 763. The van der Waals surface area contributed by atoms with Gasteiger partial charge in [-0.15, -0.1) is 0 Å². The molecule has 1 N–H and O–H groups in total. The lowest BCUT2D eigenvalue weighted by Crippen LogP contribution is -2.13. The van der Waals surface area contributed by atoms with Crippen LogP contribution in [-0.4, -0.2) is 8.42 Å². The normalized spacial score (nSPS) is 11.4. The number of hydrogen-bond acceptors (Lipinski definition) is 2. The summed E-state index contributed by atoms with van der Waals surface area (Å²) in [6.45, 7) is 1.92. The van der Waals surface area contributed by atoms with E-state index in [0.29, 0.717) is 10.7 Å². The second-order valence-electron chi connectivity index (χ2n) is 4.15. The molecular weight excluding hydrogens is 385 g/mol. The first-order valence-corrected chi connectivity index (χ1v) is 8.57. The van der Waals surface area contributed by atoms with E-state index >= 15 is 0 Å². The van der Waals surface area contributed by atoms with E-state index in [9.17, 15) is 8.42 Å². The summed E-state index contributed by atoms with van der Waals surface area (Å²) in [6, 6.07) is 9.37. The van der Waals surface area contributed by atoms with Crippen molar-refractivity contribution >= 4 is 54.8 Å². The predicted octanol–water partition coefficient (Wildman–Crippen LogP) is 4.87. The highest BCUT2D eigenvalue weighted by Gasteiger charge is 2.16. The number of nitrogens with one attached hydrogen (secondary N) is 1. The third kappa shape index (κ3) is 3.47. The Morgan fingerprint density at radius 3 is 2.35 bits per heavy atom. The van der Waals surface area contributed by atoms with Crippen LogP contribution in [0.1, 0.15) is 5.56 Å². The third-order valence-electron chi connectivity index (χ3n) is 2.63. The molecule has 0 amide bonds. The van der Waals surface area contributed by atoms with Gasteiger partial charge in [0.05, 0.1) is 14.9 Å². The molecule has 0 fully saturated rings. The zero-order valence-electron chi connectivity index (χ0n) is 10.3. The van der Waals surface area contributed by atoms with Crippen LogP contribution < -0.4 is 4.72 Å². The molecule has 106 valence electrons. The molecule has 0 spiro atoms. The maximum absolute atomic E-state index is 12.2. The van der Waals surface area contributed by atoms with Crippen LogP contribution in [0.2, 0.25) is 10.0 Å². The smallest absolute Gasteiger partial charge is 0.261 e. The first-order valence-electron chi connectivity index (χ1n) is 5.53. The maximum Gasteiger partial charge on any atom is 0.261 e. The van der Waals surface area contributed by atoms with E-state index in [4.69, 9.17) is 23.2 Å². The van der Waals surface area contributed by atoms with Crippen LogP contribution in [-0.2, 0) is 10.0 Å². The number of rotatable bonds is 3. The second kappa shape index (κ2) is 5.93. The predicted molar refractivity (Wildman–Crippen MR) is 86.1 cm³/mol. The van der Waals surface area contributed by atoms with Crippen LogP contribution in [0.3, 0.4) is 0 Å². The van der Waals surface area contributed by atoms with E-state index < -0.39 is 10.0 Å². The number of anilines is 1. The van der Waals surface area contributed by atoms with Crippen LogP contribution in [0.4, 0.5) is 5.69 Å². The zero-order chi connectivity index (χ0) is 14.9. The molecule has 0 radical (unpaired) electrons. The SMILES string of the molecule is Cc1ccc(NS(=O)(=O)c2ccc(Cl)c(Cl)c2)cc1Br. The summed E-state index contributed by atoms with van der Waals surface area (Å²) in [5.74, 6) is 0. The fourth-order valence-electron chi connectivity index (χ4n) is 1.51. The molecule has 2 aromatic carbocycles. The molecule has 2 rings (SSSR count). The van der Waals surface area contributed by atoms with Crippen LogP contribution in [0, 0.1) is 6.92 Å². The van der Waals surface area contributed by atoms with Gasteiger partial charge in [-0.2, -0.15) is 0 Å². The van der Waals surface area contributed by atoms with Gasteiger partial charge in [0.1, 0.15) is 0 Å². The van der Waals surface area contributed by atoms with E-state index in [1.165, 1.54) is 18.2 Å². The standard InChI is InChI=1S/C13H10BrCl2NO2S/c1-8-2-3-9(6-11(8)14)17-20(18,19)10-4-5-12(15)13(16)7-10/h2-7,17H,1H3. The lowest BCUT2D eigenvalue weighted by atomic mass is 10.2. The molecule has 0 heterocycles. The molecule has 2 aromatic rings. The number of sulfonamides is 1. The van der Waals surface area contributed by atoms with Gasteiger partial charge in [0, 0.05) is 10.2 Å². The Morgan fingerprint density at radius 1 is 1.05 bits per heavy atom. The lowest BCUT2D eigenvalue weighted by molar-refractivity contribution is 0.601. The van der Waals surface area contributed by atoms with Crippen molar-refractivity contribution in [2.45, 2.75) is 11.8 Å². The summed E-state index contributed by atoms with van der Waals surface area (Å²) in [4.78, 5) is 0.0589. The first kappa shape index (κ1) is 15.6. The number of aryl methyl sites for hydroxylation is 1. The summed E-state index contributed by atoms with van der Waals surface area (Å²) in [5, 5.41) is 0.503. The molecule has 0 unspecified atom stereocenters. The van der Waals surface area contributed by atoms with Gasteiger partial charge >= 0.3 is 0 Å². The summed E-state index contributed by atoms with van der Waals surface area (Å²) in [5.41, 5.74) is 1.48. The topological polar surface area (TPSA) is 46.2 Å². The van der Waals surface area contributed by atoms with Crippen molar-refractivity contribution in [2.75, 3.05) is 4.72 Å². The summed E-state index contributed by atoms with van der Waals surface area (Å²) < 4.78 is 27.8. The van der Waals surface area contributed by atoms with Crippen LogP contribution in [0.15, 0.2) is 45.8 Å². The zero-order valence-corrected chi connectivity index (χ0v) is 14.2. The minimum atomic E-state index is -3.70. The third-order valence-corrected chi connectivity index (χ3v) is 5.60. The van der Waals surface area contributed by atoms with Crippen molar-refractivity contribution < 1.29 is 8.42 Å². The van der Waals surface area contributed by atoms with Crippen LogP contribution in [0.5, 0.6) is 0 Å². The summed E-state index contributed by atoms with van der Waals surface area (Å²) in [7, 11) is -3.70. The molecule has 0 aromatic heterocycles. The van der Waals surface area contributed by atoms with Crippen LogP contribution in [0.25, 0.3) is 0 Å². The van der Waals surface area contributed by atoms with Gasteiger partial charge < -0.3 is 0 Å². The lowest BCUT2D eigenvalue weighted by Gasteiger charge is -2.10. The maximum atomic E-state index is 12.2. The van der Waals surface area contributed by atoms with Crippen molar-refractivity contribution in [3.63, 3.8) is 0 Å². The van der Waals surface area contributed by atoms with E-state index in [1.807, 2.05) is 13.0 Å². The number of hydrogen-bond donors (Lipinski definition) is 1. The largest absolute Gasteiger partial charge is 0.280 e. The molecule has 0 aliphatic heterocycles. The Kier molecular flexibility index (Phi) is 4.64. The molecule has 7 heteroatoms. The average molecular weight is 395 g/mol. The van der Waals surface area contributed by atoms with Crippen molar-refractivity contribution in [1.29, 1.82) is 0 Å². The number of benzene rings is 2. The van der Waals surface area contributed by atoms with E-state index in [1.54, 1.807) is 12.1 Å². The van der Waals surface area contributed by atoms with Gasteiger partial charge in [-0.05, 0) is 42.8 Å². The minimum Gasteiger partial charge on any atom is -0.280 e. The van der Waals surface area contributed by atoms with Gasteiger partial charge in [0.25, 0.3) is 10.0 Å². The highest BCUT2D eigenvalue weighted by Crippen LogP contribution is 2.27. The molecule has 0 saturated carbocycles. The average Bonchev–Trinajstić information content (AvgIpc) is 2.37. The number of halogens is 3. The monoisotopic (exact) mass is 393 g/mol. The van der Waals surface area contributed by atoms with Gasteiger partial charge in [0.15, 0.2) is 0 Å². The molecule has 0 aliphatic rings. The van der Waals surface area contributed by atoms with Gasteiger partial charge in [-0.1, -0.05) is 45.2 Å². The van der Waals surface area contributed by atoms with Crippen molar-refractivity contribution in [3.8, 4) is 0 Å². The molecule has 0 atom stereocenters. The van der Waals surface area contributed by atoms with E-state index in [-0.39, 0.29) is 9.92 Å². The highest BCUT2D eigenvalue weighted by molar-refractivity contribution is 9.10. The fraction of sp³-hybridized carbons (Fsp3) is 0.0769. The van der Waals surface area contributed by atoms with Gasteiger partial charge in [-0.3, -0.25) is 4.72 Å². The van der Waals surface area contributed by atoms with E-state index in [2.05, 4.69) is 20.7 Å². The van der Waals surface area contributed by atoms with Gasteiger partial charge in [-0.25, -0.2) is 8.42 Å². The Hall–Kier alpha value is -0.750. The Morgan fingerprint density at radius 2 is 1.75 bits per heavy atom. The van der Waals surface area contributed by atoms with Crippen molar-refractivity contribution in [2.24, 2.45) is 0 Å². The van der Waals surface area contributed by atoms with Crippen molar-refractivity contribution in [3.05, 3.63) is 56.5 Å². The van der Waals surface area contributed by atoms with Crippen LogP contribution >= 0.6 is 39.1 Å². The molecule has 20 heavy (non-hydrogen) atoms. The minimum absolute atomic E-state index is 0.0589. The Balaban J connectivity index is 2.35. The molecule has 0 aliphatic carbocycles. The molecule has 0 saturated heterocycles. The summed E-state index contributed by atoms with van der Waals surface area (Å²) in [6.07, 6.45) is 0. The second-order valence-corrected chi connectivity index (χ2v) is 7.50.